The van der Waals surface area contributed by atoms with Crippen LogP contribution in [-0.4, -0.2) is 43.1 Å². The van der Waals surface area contributed by atoms with Crippen LogP contribution < -0.4 is 16.0 Å². The van der Waals surface area contributed by atoms with Crippen molar-refractivity contribution < 1.29 is 4.79 Å². The number of carbonyl (C=O) groups excluding carboxylic acids is 1. The average molecular weight is 527 g/mol. The van der Waals surface area contributed by atoms with Gasteiger partial charge in [-0.2, -0.15) is 0 Å². The Morgan fingerprint density at radius 1 is 1.10 bits per heavy atom. The zero-order valence-corrected chi connectivity index (χ0v) is 20.8. The summed E-state index contributed by atoms with van der Waals surface area (Å²) in [5, 5.41) is 9.95. The van der Waals surface area contributed by atoms with Crippen molar-refractivity contribution in [3.8, 4) is 0 Å². The number of amides is 2. The first kappa shape index (κ1) is 24.8. The third-order valence-corrected chi connectivity index (χ3v) is 6.38. The molecule has 1 heterocycles. The van der Waals surface area contributed by atoms with Crippen LogP contribution in [0.1, 0.15) is 64.4 Å². The number of nitrogens with one attached hydrogen (secondary N) is 3. The van der Waals surface area contributed by atoms with Crippen molar-refractivity contribution in [2.45, 2.75) is 65.3 Å². The van der Waals surface area contributed by atoms with E-state index in [2.05, 4.69) is 35.9 Å². The van der Waals surface area contributed by atoms with Gasteiger partial charge in [-0.1, -0.05) is 31.9 Å². The van der Waals surface area contributed by atoms with Gasteiger partial charge in [0.25, 0.3) is 0 Å². The van der Waals surface area contributed by atoms with Gasteiger partial charge in [0.2, 0.25) is 0 Å². The minimum atomic E-state index is -0.000385. The highest BCUT2D eigenvalue weighted by molar-refractivity contribution is 14.0. The Balaban J connectivity index is 0.00000320. The van der Waals surface area contributed by atoms with Gasteiger partial charge in [-0.25, -0.2) is 9.79 Å². The van der Waals surface area contributed by atoms with Gasteiger partial charge in [0.15, 0.2) is 5.96 Å². The smallest absolute Gasteiger partial charge is 0.321 e. The quantitative estimate of drug-likeness (QED) is 0.267. The molecule has 0 spiro atoms. The SMILES string of the molecule is CCNC(=NCc1cccc(NC(=O)N2CCCC2)c1)NCC1(CC)CCCC1.I. The molecule has 2 amide bonds. The molecule has 0 bridgehead atoms. The van der Waals surface area contributed by atoms with Crippen molar-refractivity contribution in [3.63, 3.8) is 0 Å². The Bertz CT molecular complexity index is 697. The summed E-state index contributed by atoms with van der Waals surface area (Å²) in [4.78, 5) is 19.0. The van der Waals surface area contributed by atoms with E-state index in [-0.39, 0.29) is 30.0 Å². The number of guanidine groups is 1. The minimum absolute atomic E-state index is 0. The van der Waals surface area contributed by atoms with Gasteiger partial charge in [0, 0.05) is 31.9 Å². The van der Waals surface area contributed by atoms with E-state index in [1.165, 1.54) is 32.1 Å². The first-order chi connectivity index (χ1) is 14.1. The van der Waals surface area contributed by atoms with Gasteiger partial charge in [-0.3, -0.25) is 0 Å². The maximum Gasteiger partial charge on any atom is 0.321 e. The molecule has 1 aliphatic carbocycles. The zero-order valence-electron chi connectivity index (χ0n) is 18.5. The molecule has 3 rings (SSSR count). The summed E-state index contributed by atoms with van der Waals surface area (Å²) in [6, 6.07) is 8.00. The molecule has 0 unspecified atom stereocenters. The van der Waals surface area contributed by atoms with Crippen LogP contribution >= 0.6 is 24.0 Å². The molecule has 2 aliphatic rings. The van der Waals surface area contributed by atoms with Crippen molar-refractivity contribution in [3.05, 3.63) is 29.8 Å². The molecule has 2 fully saturated rings. The fourth-order valence-corrected chi connectivity index (χ4v) is 4.43. The molecule has 0 atom stereocenters. The number of nitrogens with zero attached hydrogens (tertiary/aromatic N) is 2. The number of anilines is 1. The standard InChI is InChI=1S/C23H37N5O.HI/c1-3-23(12-5-6-13-23)18-26-21(24-4-2)25-17-19-10-9-11-20(16-19)27-22(29)28-14-7-8-15-28;/h9-11,16H,3-8,12-15,17-18H2,1-2H3,(H,27,29)(H2,24,25,26);1H. The molecule has 7 heteroatoms. The molecule has 1 aromatic carbocycles. The number of likely N-dealkylation sites (tertiary alicyclic amines) is 1. The van der Waals surface area contributed by atoms with Gasteiger partial charge in [0.05, 0.1) is 6.54 Å². The van der Waals surface area contributed by atoms with Crippen LogP contribution in [-0.2, 0) is 6.54 Å². The van der Waals surface area contributed by atoms with Crippen LogP contribution in [0.25, 0.3) is 0 Å². The van der Waals surface area contributed by atoms with Crippen molar-refractivity contribution in [1.29, 1.82) is 0 Å². The summed E-state index contributed by atoms with van der Waals surface area (Å²) in [5.41, 5.74) is 2.35. The number of urea groups is 1. The summed E-state index contributed by atoms with van der Waals surface area (Å²) in [6.45, 7) is 8.52. The lowest BCUT2D eigenvalue weighted by Crippen LogP contribution is -2.42. The van der Waals surface area contributed by atoms with E-state index >= 15 is 0 Å². The second-order valence-corrected chi connectivity index (χ2v) is 8.43. The predicted molar refractivity (Wildman–Crippen MR) is 136 cm³/mol. The maximum atomic E-state index is 12.3. The normalized spacial score (nSPS) is 18.1. The van der Waals surface area contributed by atoms with E-state index in [0.717, 1.165) is 56.2 Å². The first-order valence-corrected chi connectivity index (χ1v) is 11.3. The second kappa shape index (κ2) is 12.4. The van der Waals surface area contributed by atoms with E-state index in [1.54, 1.807) is 0 Å². The number of carbonyl (C=O) groups is 1. The van der Waals surface area contributed by atoms with Gasteiger partial charge < -0.3 is 20.9 Å². The van der Waals surface area contributed by atoms with Crippen LogP contribution in [0.4, 0.5) is 10.5 Å². The number of aliphatic imine (C=N–C) groups is 1. The number of benzene rings is 1. The van der Waals surface area contributed by atoms with E-state index in [4.69, 9.17) is 4.99 Å². The molecule has 1 saturated carbocycles. The molecule has 3 N–H and O–H groups in total. The fourth-order valence-electron chi connectivity index (χ4n) is 4.43. The van der Waals surface area contributed by atoms with Crippen molar-refractivity contribution in [2.75, 3.05) is 31.5 Å². The Hall–Kier alpha value is -1.51. The third kappa shape index (κ3) is 7.03. The van der Waals surface area contributed by atoms with Gasteiger partial charge >= 0.3 is 6.03 Å². The molecule has 168 valence electrons. The largest absolute Gasteiger partial charge is 0.357 e. The molecular weight excluding hydrogens is 489 g/mol. The Labute approximate surface area is 198 Å². The van der Waals surface area contributed by atoms with Gasteiger partial charge in [-0.15, -0.1) is 24.0 Å². The number of rotatable bonds is 7. The van der Waals surface area contributed by atoms with Crippen LogP contribution in [0.3, 0.4) is 0 Å². The lowest BCUT2D eigenvalue weighted by molar-refractivity contribution is 0.222. The lowest BCUT2D eigenvalue weighted by atomic mass is 9.83. The molecule has 0 radical (unpaired) electrons. The molecule has 1 aliphatic heterocycles. The highest BCUT2D eigenvalue weighted by Gasteiger charge is 2.31. The molecular formula is C23H38IN5O. The Morgan fingerprint density at radius 2 is 1.83 bits per heavy atom. The Morgan fingerprint density at radius 3 is 2.50 bits per heavy atom. The summed E-state index contributed by atoms with van der Waals surface area (Å²) in [5.74, 6) is 0.874. The monoisotopic (exact) mass is 527 g/mol. The van der Waals surface area contributed by atoms with Crippen LogP contribution in [0.2, 0.25) is 0 Å². The fraction of sp³-hybridized carbons (Fsp3) is 0.652. The highest BCUT2D eigenvalue weighted by atomic mass is 127. The Kier molecular flexibility index (Phi) is 10.2. The number of hydrogen-bond acceptors (Lipinski definition) is 2. The summed E-state index contributed by atoms with van der Waals surface area (Å²) in [6.07, 6.45) is 8.74. The topological polar surface area (TPSA) is 68.8 Å². The average Bonchev–Trinajstić information content (AvgIpc) is 3.43. The molecule has 1 aromatic rings. The van der Waals surface area contributed by atoms with Crippen molar-refractivity contribution in [2.24, 2.45) is 10.4 Å². The van der Waals surface area contributed by atoms with Crippen molar-refractivity contribution in [1.82, 2.24) is 15.5 Å². The lowest BCUT2D eigenvalue weighted by Gasteiger charge is -2.28. The number of hydrogen-bond donors (Lipinski definition) is 3. The van der Waals surface area contributed by atoms with E-state index in [0.29, 0.717) is 12.0 Å². The number of halogens is 1. The van der Waals surface area contributed by atoms with E-state index in [1.807, 2.05) is 23.1 Å². The first-order valence-electron chi connectivity index (χ1n) is 11.3. The van der Waals surface area contributed by atoms with Crippen LogP contribution in [0, 0.1) is 5.41 Å². The summed E-state index contributed by atoms with van der Waals surface area (Å²) >= 11 is 0. The van der Waals surface area contributed by atoms with Crippen LogP contribution in [0.5, 0.6) is 0 Å². The molecule has 6 nitrogen and oxygen atoms in total. The summed E-state index contributed by atoms with van der Waals surface area (Å²) in [7, 11) is 0. The highest BCUT2D eigenvalue weighted by Crippen LogP contribution is 2.40. The van der Waals surface area contributed by atoms with Crippen molar-refractivity contribution >= 4 is 41.7 Å². The third-order valence-electron chi connectivity index (χ3n) is 6.38. The van der Waals surface area contributed by atoms with Gasteiger partial charge in [-0.05, 0) is 62.1 Å². The predicted octanol–water partition coefficient (Wildman–Crippen LogP) is 4.96. The van der Waals surface area contributed by atoms with E-state index < -0.39 is 0 Å². The molecule has 0 aromatic heterocycles. The molecule has 30 heavy (non-hydrogen) atoms. The van der Waals surface area contributed by atoms with E-state index in [9.17, 15) is 4.79 Å². The minimum Gasteiger partial charge on any atom is -0.357 e. The van der Waals surface area contributed by atoms with Crippen LogP contribution in [0.15, 0.2) is 29.3 Å². The molecule has 1 saturated heterocycles. The maximum absolute atomic E-state index is 12.3. The second-order valence-electron chi connectivity index (χ2n) is 8.43. The zero-order chi connectivity index (χ0) is 20.5. The van der Waals surface area contributed by atoms with Gasteiger partial charge in [0.1, 0.15) is 0 Å². The summed E-state index contributed by atoms with van der Waals surface area (Å²) < 4.78 is 0.